The summed E-state index contributed by atoms with van der Waals surface area (Å²) in [5, 5.41) is 9.51. The third-order valence-corrected chi connectivity index (χ3v) is 5.84. The maximum atomic E-state index is 12.4. The summed E-state index contributed by atoms with van der Waals surface area (Å²) in [5.74, 6) is 0. The van der Waals surface area contributed by atoms with Gasteiger partial charge in [-0.3, -0.25) is 4.72 Å². The molecule has 0 spiro atoms. The number of rotatable bonds is 4. The van der Waals surface area contributed by atoms with Crippen molar-refractivity contribution < 1.29 is 13.5 Å². The highest BCUT2D eigenvalue weighted by Crippen LogP contribution is 2.33. The maximum Gasteiger partial charge on any atom is 0.263 e. The molecular weight excluding hydrogens is 341 g/mol. The van der Waals surface area contributed by atoms with E-state index in [0.29, 0.717) is 9.75 Å². The lowest BCUT2D eigenvalue weighted by Gasteiger charge is -2.10. The van der Waals surface area contributed by atoms with Gasteiger partial charge in [-0.1, -0.05) is 29.3 Å². The smallest absolute Gasteiger partial charge is 0.263 e. The number of thiophene rings is 1. The highest BCUT2D eigenvalue weighted by molar-refractivity contribution is 7.93. The second-order valence-corrected chi connectivity index (χ2v) is 7.80. The Labute approximate surface area is 131 Å². The number of nitrogens with one attached hydrogen (secondary N) is 1. The molecule has 0 saturated carbocycles. The SMILES string of the molecule is Cc1sc(CO)cc1S(=O)(=O)Nc1c(Cl)cccc1Cl. The molecule has 1 aromatic carbocycles. The van der Waals surface area contributed by atoms with Gasteiger partial charge in [-0.15, -0.1) is 11.3 Å². The minimum absolute atomic E-state index is 0.113. The maximum absolute atomic E-state index is 12.4. The fourth-order valence-electron chi connectivity index (χ4n) is 1.65. The largest absolute Gasteiger partial charge is 0.391 e. The molecule has 0 atom stereocenters. The third kappa shape index (κ3) is 3.10. The number of hydrogen-bond acceptors (Lipinski definition) is 4. The molecule has 0 radical (unpaired) electrons. The Morgan fingerprint density at radius 3 is 2.40 bits per heavy atom. The molecular formula is C12H11Cl2NO3S2. The van der Waals surface area contributed by atoms with E-state index in [1.165, 1.54) is 17.4 Å². The zero-order valence-corrected chi connectivity index (χ0v) is 13.5. The molecule has 0 aliphatic heterocycles. The third-order valence-electron chi connectivity index (χ3n) is 2.57. The lowest BCUT2D eigenvalue weighted by Crippen LogP contribution is -2.13. The summed E-state index contributed by atoms with van der Waals surface area (Å²) in [6.07, 6.45) is 0. The van der Waals surface area contributed by atoms with Crippen molar-refractivity contribution in [3.63, 3.8) is 0 Å². The molecule has 0 unspecified atom stereocenters. The second kappa shape index (κ2) is 5.91. The summed E-state index contributed by atoms with van der Waals surface area (Å²) < 4.78 is 27.1. The van der Waals surface area contributed by atoms with Crippen molar-refractivity contribution in [2.24, 2.45) is 0 Å². The van der Waals surface area contributed by atoms with Crippen LogP contribution in [0.25, 0.3) is 0 Å². The van der Waals surface area contributed by atoms with Crippen molar-refractivity contribution >= 4 is 50.2 Å². The van der Waals surface area contributed by atoms with Gasteiger partial charge in [0.25, 0.3) is 10.0 Å². The van der Waals surface area contributed by atoms with Crippen LogP contribution in [0, 0.1) is 6.92 Å². The van der Waals surface area contributed by atoms with E-state index in [2.05, 4.69) is 4.72 Å². The summed E-state index contributed by atoms with van der Waals surface area (Å²) in [6, 6.07) is 6.16. The molecule has 2 aromatic rings. The van der Waals surface area contributed by atoms with E-state index in [1.807, 2.05) is 0 Å². The zero-order chi connectivity index (χ0) is 14.9. The van der Waals surface area contributed by atoms with E-state index in [4.69, 9.17) is 28.3 Å². The first-order valence-electron chi connectivity index (χ1n) is 5.52. The van der Waals surface area contributed by atoms with Crippen LogP contribution < -0.4 is 4.72 Å². The molecule has 0 amide bonds. The van der Waals surface area contributed by atoms with Gasteiger partial charge in [-0.25, -0.2) is 8.42 Å². The zero-order valence-electron chi connectivity index (χ0n) is 10.4. The van der Waals surface area contributed by atoms with Gasteiger partial charge in [0.05, 0.1) is 22.3 Å². The number of benzene rings is 1. The molecule has 108 valence electrons. The van der Waals surface area contributed by atoms with Gasteiger partial charge in [-0.2, -0.15) is 0 Å². The van der Waals surface area contributed by atoms with Gasteiger partial charge < -0.3 is 5.11 Å². The molecule has 8 heteroatoms. The summed E-state index contributed by atoms with van der Waals surface area (Å²) in [5.41, 5.74) is 0.145. The van der Waals surface area contributed by atoms with Crippen LogP contribution in [0.5, 0.6) is 0 Å². The molecule has 0 saturated heterocycles. The highest BCUT2D eigenvalue weighted by Gasteiger charge is 2.22. The monoisotopic (exact) mass is 351 g/mol. The van der Waals surface area contributed by atoms with Gasteiger partial charge >= 0.3 is 0 Å². The van der Waals surface area contributed by atoms with Gasteiger partial charge in [0.1, 0.15) is 4.90 Å². The van der Waals surface area contributed by atoms with Crippen LogP contribution in [0.15, 0.2) is 29.2 Å². The Morgan fingerprint density at radius 2 is 1.90 bits per heavy atom. The first-order chi connectivity index (χ1) is 9.35. The standard InChI is InChI=1S/C12H11Cl2NO3S2/c1-7-11(5-8(6-16)19-7)20(17,18)15-12-9(13)3-2-4-10(12)14/h2-5,15-16H,6H2,1H3. The van der Waals surface area contributed by atoms with E-state index in [1.54, 1.807) is 25.1 Å². The number of aliphatic hydroxyl groups is 1. The van der Waals surface area contributed by atoms with Crippen molar-refractivity contribution in [2.45, 2.75) is 18.4 Å². The van der Waals surface area contributed by atoms with E-state index in [-0.39, 0.29) is 27.2 Å². The van der Waals surface area contributed by atoms with E-state index in [9.17, 15) is 8.42 Å². The van der Waals surface area contributed by atoms with Crippen LogP contribution >= 0.6 is 34.5 Å². The Balaban J connectivity index is 2.43. The first-order valence-corrected chi connectivity index (χ1v) is 8.57. The topological polar surface area (TPSA) is 66.4 Å². The summed E-state index contributed by atoms with van der Waals surface area (Å²) in [4.78, 5) is 1.28. The number of anilines is 1. The Hall–Kier alpha value is -0.790. The molecule has 0 fully saturated rings. The van der Waals surface area contributed by atoms with Crippen molar-refractivity contribution in [1.29, 1.82) is 0 Å². The van der Waals surface area contributed by atoms with Gasteiger partial charge in [0.15, 0.2) is 0 Å². The normalized spacial score (nSPS) is 11.6. The van der Waals surface area contributed by atoms with Gasteiger partial charge in [0, 0.05) is 9.75 Å². The van der Waals surface area contributed by atoms with E-state index in [0.717, 1.165) is 0 Å². The minimum Gasteiger partial charge on any atom is -0.391 e. The molecule has 1 heterocycles. The summed E-state index contributed by atoms with van der Waals surface area (Å²) in [6.45, 7) is 1.47. The number of sulfonamides is 1. The Kier molecular flexibility index (Phi) is 4.61. The van der Waals surface area contributed by atoms with Crippen LogP contribution in [-0.4, -0.2) is 13.5 Å². The molecule has 4 nitrogen and oxygen atoms in total. The minimum atomic E-state index is -3.80. The van der Waals surface area contributed by atoms with Crippen LogP contribution in [0.2, 0.25) is 10.0 Å². The molecule has 0 bridgehead atoms. The predicted molar refractivity (Wildman–Crippen MR) is 82.2 cm³/mol. The number of halogens is 2. The molecule has 0 aliphatic rings. The Bertz CT molecular complexity index is 721. The van der Waals surface area contributed by atoms with Crippen LogP contribution in [0.3, 0.4) is 0 Å². The number of para-hydroxylation sites is 1. The molecule has 2 N–H and O–H groups in total. The first kappa shape index (κ1) is 15.6. The molecule has 1 aromatic heterocycles. The quantitative estimate of drug-likeness (QED) is 0.883. The molecule has 0 aliphatic carbocycles. The fraction of sp³-hybridized carbons (Fsp3) is 0.167. The second-order valence-electron chi connectivity index (χ2n) is 3.99. The lowest BCUT2D eigenvalue weighted by atomic mass is 10.3. The van der Waals surface area contributed by atoms with Gasteiger partial charge in [0.2, 0.25) is 0 Å². The number of hydrogen-bond donors (Lipinski definition) is 2. The average Bonchev–Trinajstić information content (AvgIpc) is 2.76. The lowest BCUT2D eigenvalue weighted by molar-refractivity contribution is 0.285. The molecule has 20 heavy (non-hydrogen) atoms. The van der Waals surface area contributed by atoms with Crippen molar-refractivity contribution in [3.05, 3.63) is 44.1 Å². The number of aliphatic hydroxyl groups excluding tert-OH is 1. The summed E-state index contributed by atoms with van der Waals surface area (Å²) >= 11 is 13.1. The average molecular weight is 352 g/mol. The van der Waals surface area contributed by atoms with Crippen molar-refractivity contribution in [1.82, 2.24) is 0 Å². The fourth-order valence-corrected chi connectivity index (χ4v) is 4.85. The Morgan fingerprint density at radius 1 is 1.30 bits per heavy atom. The van der Waals surface area contributed by atoms with Gasteiger partial charge in [-0.05, 0) is 25.1 Å². The van der Waals surface area contributed by atoms with Crippen LogP contribution in [-0.2, 0) is 16.6 Å². The predicted octanol–water partition coefficient (Wildman–Crippen LogP) is 3.66. The van der Waals surface area contributed by atoms with Crippen LogP contribution in [0.1, 0.15) is 9.75 Å². The summed E-state index contributed by atoms with van der Waals surface area (Å²) in [7, 11) is -3.80. The van der Waals surface area contributed by atoms with E-state index < -0.39 is 10.0 Å². The number of aryl methyl sites for hydroxylation is 1. The van der Waals surface area contributed by atoms with E-state index >= 15 is 0 Å². The van der Waals surface area contributed by atoms with Crippen molar-refractivity contribution in [3.8, 4) is 0 Å². The highest BCUT2D eigenvalue weighted by atomic mass is 35.5. The molecule has 2 rings (SSSR count). The van der Waals surface area contributed by atoms with Crippen molar-refractivity contribution in [2.75, 3.05) is 4.72 Å². The van der Waals surface area contributed by atoms with Crippen LogP contribution in [0.4, 0.5) is 5.69 Å².